The minimum absolute atomic E-state index is 0.522. The average Bonchev–Trinajstić information content (AvgIpc) is 2.43. The van der Waals surface area contributed by atoms with Crippen LogP contribution in [0.1, 0.15) is 77.6 Å². The smallest absolute Gasteiger partial charge is 0.0645 e. The highest BCUT2D eigenvalue weighted by atomic mass is 16.5. The van der Waals surface area contributed by atoms with E-state index in [9.17, 15) is 0 Å². The number of hydrogen-bond donors (Lipinski definition) is 0. The fourth-order valence-electron chi connectivity index (χ4n) is 2.09. The molecule has 0 amide bonds. The third kappa shape index (κ3) is 17.2. The second-order valence-electron chi connectivity index (χ2n) is 5.06. The van der Waals surface area contributed by atoms with Crippen molar-refractivity contribution in [3.63, 3.8) is 0 Å². The van der Waals surface area contributed by atoms with Crippen LogP contribution < -0.4 is 0 Å². The van der Waals surface area contributed by atoms with E-state index in [0.29, 0.717) is 13.0 Å². The molecule has 0 aromatic carbocycles. The summed E-state index contributed by atoms with van der Waals surface area (Å²) in [6.07, 6.45) is 18.2. The van der Waals surface area contributed by atoms with Crippen molar-refractivity contribution in [3.8, 4) is 6.07 Å². The second-order valence-corrected chi connectivity index (χ2v) is 5.06. The van der Waals surface area contributed by atoms with Gasteiger partial charge in [0.25, 0.3) is 0 Å². The standard InChI is InChI=1S/C17H31NO/c1-2-3-4-5-6-7-8-9-10-11-12-13-16-19-17-14-15-18/h2-3H,4-14,16-17H2,1H3/b3-2+. The average molecular weight is 265 g/mol. The number of ether oxygens (including phenoxy) is 1. The van der Waals surface area contributed by atoms with Gasteiger partial charge in [-0.25, -0.2) is 0 Å². The summed E-state index contributed by atoms with van der Waals surface area (Å²) < 4.78 is 5.34. The van der Waals surface area contributed by atoms with E-state index in [2.05, 4.69) is 25.1 Å². The van der Waals surface area contributed by atoms with E-state index >= 15 is 0 Å². The van der Waals surface area contributed by atoms with Crippen LogP contribution in [0.25, 0.3) is 0 Å². The van der Waals surface area contributed by atoms with Gasteiger partial charge >= 0.3 is 0 Å². The molecule has 0 unspecified atom stereocenters. The predicted molar refractivity (Wildman–Crippen MR) is 82.0 cm³/mol. The largest absolute Gasteiger partial charge is 0.380 e. The Labute approximate surface area is 119 Å². The van der Waals surface area contributed by atoms with Gasteiger partial charge in [0.2, 0.25) is 0 Å². The Morgan fingerprint density at radius 1 is 0.842 bits per heavy atom. The number of hydrogen-bond acceptors (Lipinski definition) is 2. The topological polar surface area (TPSA) is 33.0 Å². The van der Waals surface area contributed by atoms with Gasteiger partial charge in [-0.15, -0.1) is 0 Å². The number of rotatable bonds is 14. The first kappa shape index (κ1) is 18.2. The molecule has 0 fully saturated rings. The first-order valence-electron chi connectivity index (χ1n) is 7.97. The maximum Gasteiger partial charge on any atom is 0.0645 e. The SMILES string of the molecule is C/C=C/CCCCCCCCCCCOCCC#N. The summed E-state index contributed by atoms with van der Waals surface area (Å²) in [5.74, 6) is 0. The lowest BCUT2D eigenvalue weighted by molar-refractivity contribution is 0.135. The summed E-state index contributed by atoms with van der Waals surface area (Å²) in [4.78, 5) is 0. The predicted octanol–water partition coefficient (Wildman–Crippen LogP) is 5.39. The molecule has 0 heterocycles. The maximum atomic E-state index is 8.34. The Kier molecular flexibility index (Phi) is 16.5. The van der Waals surface area contributed by atoms with Crippen molar-refractivity contribution < 1.29 is 4.74 Å². The van der Waals surface area contributed by atoms with Crippen molar-refractivity contribution in [2.75, 3.05) is 13.2 Å². The van der Waals surface area contributed by atoms with Crippen molar-refractivity contribution in [3.05, 3.63) is 12.2 Å². The van der Waals surface area contributed by atoms with E-state index in [1.165, 1.54) is 57.8 Å². The summed E-state index contributed by atoms with van der Waals surface area (Å²) in [5, 5.41) is 8.34. The Hall–Kier alpha value is -0.810. The van der Waals surface area contributed by atoms with Crippen molar-refractivity contribution in [1.29, 1.82) is 5.26 Å². The first-order valence-corrected chi connectivity index (χ1v) is 7.97. The quantitative estimate of drug-likeness (QED) is 0.311. The van der Waals surface area contributed by atoms with Crippen molar-refractivity contribution in [2.45, 2.75) is 77.6 Å². The molecule has 0 aliphatic rings. The molecule has 0 radical (unpaired) electrons. The Morgan fingerprint density at radius 2 is 1.42 bits per heavy atom. The van der Waals surface area contributed by atoms with Gasteiger partial charge in [-0.2, -0.15) is 5.26 Å². The van der Waals surface area contributed by atoms with Gasteiger partial charge in [-0.05, 0) is 26.2 Å². The third-order valence-electron chi connectivity index (χ3n) is 3.25. The summed E-state index contributed by atoms with van der Waals surface area (Å²) in [7, 11) is 0. The molecule has 0 bridgehead atoms. The van der Waals surface area contributed by atoms with Crippen LogP contribution in [0.5, 0.6) is 0 Å². The highest BCUT2D eigenvalue weighted by Gasteiger charge is 1.93. The summed E-state index contributed by atoms with van der Waals surface area (Å²) >= 11 is 0. The van der Waals surface area contributed by atoms with Gasteiger partial charge in [-0.3, -0.25) is 0 Å². The number of allylic oxidation sites excluding steroid dienone is 2. The van der Waals surface area contributed by atoms with Crippen LogP contribution in [0.15, 0.2) is 12.2 Å². The van der Waals surface area contributed by atoms with E-state index < -0.39 is 0 Å². The van der Waals surface area contributed by atoms with Gasteiger partial charge in [0.15, 0.2) is 0 Å². The van der Waals surface area contributed by atoms with Crippen LogP contribution >= 0.6 is 0 Å². The van der Waals surface area contributed by atoms with Gasteiger partial charge < -0.3 is 4.74 Å². The molecule has 2 heteroatoms. The second kappa shape index (κ2) is 17.2. The number of nitrogens with zero attached hydrogens (tertiary/aromatic N) is 1. The molecule has 0 spiro atoms. The minimum atomic E-state index is 0.522. The molecule has 0 N–H and O–H groups in total. The molecule has 0 saturated heterocycles. The molecule has 0 aromatic rings. The maximum absolute atomic E-state index is 8.34. The lowest BCUT2D eigenvalue weighted by Gasteiger charge is -2.03. The van der Waals surface area contributed by atoms with Gasteiger partial charge in [0.1, 0.15) is 0 Å². The monoisotopic (exact) mass is 265 g/mol. The molecule has 0 saturated carbocycles. The van der Waals surface area contributed by atoms with E-state index in [1.807, 2.05) is 0 Å². The molecular weight excluding hydrogens is 234 g/mol. The normalized spacial score (nSPS) is 10.9. The number of unbranched alkanes of at least 4 members (excludes halogenated alkanes) is 9. The van der Waals surface area contributed by atoms with Crippen LogP contribution in [0.4, 0.5) is 0 Å². The molecule has 110 valence electrons. The Bertz CT molecular complexity index is 230. The van der Waals surface area contributed by atoms with Gasteiger partial charge in [-0.1, -0.05) is 57.1 Å². The van der Waals surface area contributed by atoms with Crippen LogP contribution in [0.3, 0.4) is 0 Å². The van der Waals surface area contributed by atoms with Crippen LogP contribution in [-0.4, -0.2) is 13.2 Å². The van der Waals surface area contributed by atoms with Crippen LogP contribution in [0.2, 0.25) is 0 Å². The van der Waals surface area contributed by atoms with Crippen molar-refractivity contribution in [2.24, 2.45) is 0 Å². The zero-order chi connectivity index (χ0) is 14.0. The molecule has 0 aromatic heterocycles. The van der Waals surface area contributed by atoms with Gasteiger partial charge in [0, 0.05) is 6.61 Å². The fraction of sp³-hybridized carbons (Fsp3) is 0.824. The van der Waals surface area contributed by atoms with E-state index in [1.54, 1.807) is 0 Å². The van der Waals surface area contributed by atoms with E-state index in [4.69, 9.17) is 10.00 Å². The third-order valence-corrected chi connectivity index (χ3v) is 3.25. The van der Waals surface area contributed by atoms with Crippen molar-refractivity contribution in [1.82, 2.24) is 0 Å². The molecule has 0 aliphatic carbocycles. The molecule has 2 nitrogen and oxygen atoms in total. The summed E-state index contributed by atoms with van der Waals surface area (Å²) in [5.41, 5.74) is 0. The minimum Gasteiger partial charge on any atom is -0.380 e. The highest BCUT2D eigenvalue weighted by Crippen LogP contribution is 2.10. The first-order chi connectivity index (χ1) is 9.41. The molecular formula is C17H31NO. The lowest BCUT2D eigenvalue weighted by Crippen LogP contribution is -1.95. The molecule has 0 atom stereocenters. The van der Waals surface area contributed by atoms with Crippen LogP contribution in [-0.2, 0) is 4.74 Å². The zero-order valence-corrected chi connectivity index (χ0v) is 12.7. The van der Waals surface area contributed by atoms with E-state index in [-0.39, 0.29) is 0 Å². The van der Waals surface area contributed by atoms with Crippen LogP contribution in [0, 0.1) is 11.3 Å². The Balaban J connectivity index is 2.93. The van der Waals surface area contributed by atoms with Crippen molar-refractivity contribution >= 4 is 0 Å². The Morgan fingerprint density at radius 3 is 2.00 bits per heavy atom. The fourth-order valence-corrected chi connectivity index (χ4v) is 2.09. The lowest BCUT2D eigenvalue weighted by atomic mass is 10.1. The highest BCUT2D eigenvalue weighted by molar-refractivity contribution is 4.76. The van der Waals surface area contributed by atoms with E-state index in [0.717, 1.165) is 13.0 Å². The van der Waals surface area contributed by atoms with Gasteiger partial charge in [0.05, 0.1) is 19.1 Å². The number of nitriles is 1. The molecule has 0 rings (SSSR count). The molecule has 19 heavy (non-hydrogen) atoms. The molecule has 0 aliphatic heterocycles. The summed E-state index contributed by atoms with van der Waals surface area (Å²) in [6.45, 7) is 3.52. The zero-order valence-electron chi connectivity index (χ0n) is 12.7. The summed E-state index contributed by atoms with van der Waals surface area (Å²) in [6, 6.07) is 2.09.